The highest BCUT2D eigenvalue weighted by molar-refractivity contribution is 9.09. The molecule has 0 saturated heterocycles. The molecule has 0 fully saturated rings. The lowest BCUT2D eigenvalue weighted by Gasteiger charge is -2.09. The molecule has 1 aromatic carbocycles. The first-order valence-corrected chi connectivity index (χ1v) is 6.25. The molecule has 3 nitrogen and oxygen atoms in total. The normalized spacial score (nSPS) is 11.2. The second-order valence-corrected chi connectivity index (χ2v) is 3.71. The van der Waals surface area contributed by atoms with Gasteiger partial charge >= 0.3 is 5.97 Å². The number of ether oxygens (including phenoxy) is 2. The Morgan fingerprint density at radius 3 is 2.50 bits per heavy atom. The number of hydrogen-bond acceptors (Lipinski definition) is 3. The number of allylic oxidation sites excluding steroid dienone is 1. The molecule has 0 heterocycles. The largest absolute Gasteiger partial charge is 0.463 e. The van der Waals surface area contributed by atoms with Crippen LogP contribution in [0.2, 0.25) is 0 Å². The van der Waals surface area contributed by atoms with Crippen LogP contribution in [0.5, 0.6) is 5.75 Å². The first-order chi connectivity index (χ1) is 8.58. The Bertz CT molecular complexity index is 440. The van der Waals surface area contributed by atoms with E-state index in [0.717, 1.165) is 18.2 Å². The standard InChI is InChI=1S/C12H11BrF2O3/c1-2-17-11(16)6-8(7-13)18-12-9(14)4-3-5-10(12)15/h3-6H,2,7H2,1H3. The Hall–Kier alpha value is -1.43. The summed E-state index contributed by atoms with van der Waals surface area (Å²) in [5.74, 6) is -2.81. The number of benzene rings is 1. The third-order valence-corrected chi connectivity index (χ3v) is 2.40. The highest BCUT2D eigenvalue weighted by Gasteiger charge is 2.12. The molecule has 6 heteroatoms. The molecule has 0 saturated carbocycles. The van der Waals surface area contributed by atoms with Gasteiger partial charge in [0.1, 0.15) is 5.76 Å². The average molecular weight is 321 g/mol. The Morgan fingerprint density at radius 1 is 1.39 bits per heavy atom. The SMILES string of the molecule is CCOC(=O)C=C(CBr)Oc1c(F)cccc1F. The van der Waals surface area contributed by atoms with Crippen LogP contribution in [0.15, 0.2) is 30.0 Å². The number of hydrogen-bond donors (Lipinski definition) is 0. The molecule has 18 heavy (non-hydrogen) atoms. The van der Waals surface area contributed by atoms with Gasteiger partial charge in [-0.1, -0.05) is 22.0 Å². The molecule has 0 aliphatic heterocycles. The summed E-state index contributed by atoms with van der Waals surface area (Å²) in [5, 5.41) is 0.125. The van der Waals surface area contributed by atoms with Crippen LogP contribution in [-0.4, -0.2) is 17.9 Å². The molecule has 0 radical (unpaired) electrons. The van der Waals surface area contributed by atoms with Gasteiger partial charge < -0.3 is 9.47 Å². The topological polar surface area (TPSA) is 35.5 Å². The van der Waals surface area contributed by atoms with Gasteiger partial charge in [0, 0.05) is 0 Å². The number of esters is 1. The highest BCUT2D eigenvalue weighted by Crippen LogP contribution is 2.23. The smallest absolute Gasteiger partial charge is 0.334 e. The predicted octanol–water partition coefficient (Wildman–Crippen LogP) is 3.19. The van der Waals surface area contributed by atoms with Crippen molar-refractivity contribution in [3.8, 4) is 5.75 Å². The number of halogens is 3. The van der Waals surface area contributed by atoms with Gasteiger partial charge in [-0.2, -0.15) is 0 Å². The molecule has 0 spiro atoms. The van der Waals surface area contributed by atoms with E-state index in [4.69, 9.17) is 4.74 Å². The first kappa shape index (κ1) is 14.6. The van der Waals surface area contributed by atoms with E-state index in [-0.39, 0.29) is 17.7 Å². The summed E-state index contributed by atoms with van der Waals surface area (Å²) in [7, 11) is 0. The van der Waals surface area contributed by atoms with E-state index in [1.807, 2.05) is 0 Å². The fourth-order valence-corrected chi connectivity index (χ4v) is 1.40. The molecule has 0 atom stereocenters. The van der Waals surface area contributed by atoms with Crippen molar-refractivity contribution in [3.63, 3.8) is 0 Å². The highest BCUT2D eigenvalue weighted by atomic mass is 79.9. The van der Waals surface area contributed by atoms with Crippen molar-refractivity contribution in [1.29, 1.82) is 0 Å². The summed E-state index contributed by atoms with van der Waals surface area (Å²) in [5.41, 5.74) is 0. The Labute approximate surface area is 112 Å². The fraction of sp³-hybridized carbons (Fsp3) is 0.250. The maximum absolute atomic E-state index is 13.3. The summed E-state index contributed by atoms with van der Waals surface area (Å²) in [6, 6.07) is 3.35. The van der Waals surface area contributed by atoms with Crippen LogP contribution in [0.25, 0.3) is 0 Å². The summed E-state index contributed by atoms with van der Waals surface area (Å²) in [4.78, 5) is 11.2. The van der Waals surface area contributed by atoms with Gasteiger partial charge in [-0.25, -0.2) is 13.6 Å². The number of para-hydroxylation sites is 1. The second kappa shape index (κ2) is 7.10. The van der Waals surface area contributed by atoms with Crippen LogP contribution >= 0.6 is 15.9 Å². The van der Waals surface area contributed by atoms with Gasteiger partial charge in [0.05, 0.1) is 18.0 Å². The molecule has 0 aliphatic carbocycles. The van der Waals surface area contributed by atoms with Crippen LogP contribution in [0.4, 0.5) is 8.78 Å². The van der Waals surface area contributed by atoms with Crippen molar-refractivity contribution in [3.05, 3.63) is 41.7 Å². The number of alkyl halides is 1. The van der Waals surface area contributed by atoms with Crippen LogP contribution < -0.4 is 4.74 Å². The van der Waals surface area contributed by atoms with Crippen molar-refractivity contribution in [1.82, 2.24) is 0 Å². The maximum Gasteiger partial charge on any atom is 0.334 e. The molecular formula is C12H11BrF2O3. The average Bonchev–Trinajstić information content (AvgIpc) is 2.33. The van der Waals surface area contributed by atoms with Crippen molar-refractivity contribution in [2.45, 2.75) is 6.92 Å². The van der Waals surface area contributed by atoms with E-state index in [2.05, 4.69) is 20.7 Å². The molecular weight excluding hydrogens is 310 g/mol. The summed E-state index contributed by atoms with van der Waals surface area (Å²) in [6.07, 6.45) is 1.03. The minimum absolute atomic E-state index is 0.0532. The lowest BCUT2D eigenvalue weighted by molar-refractivity contribution is -0.137. The molecule has 0 N–H and O–H groups in total. The number of carbonyl (C=O) groups excluding carboxylic acids is 1. The van der Waals surface area contributed by atoms with E-state index in [0.29, 0.717) is 0 Å². The molecule has 98 valence electrons. The zero-order chi connectivity index (χ0) is 13.5. The van der Waals surface area contributed by atoms with Crippen molar-refractivity contribution in [2.75, 3.05) is 11.9 Å². The molecule has 0 bridgehead atoms. The summed E-state index contributed by atoms with van der Waals surface area (Å²) < 4.78 is 36.3. The third-order valence-electron chi connectivity index (χ3n) is 1.85. The summed E-state index contributed by atoms with van der Waals surface area (Å²) >= 11 is 3.06. The van der Waals surface area contributed by atoms with E-state index in [9.17, 15) is 13.6 Å². The van der Waals surface area contributed by atoms with E-state index in [1.165, 1.54) is 6.07 Å². The quantitative estimate of drug-likeness (QED) is 0.362. The lowest BCUT2D eigenvalue weighted by atomic mass is 10.3. The van der Waals surface area contributed by atoms with Crippen LogP contribution in [0.3, 0.4) is 0 Å². The van der Waals surface area contributed by atoms with E-state index >= 15 is 0 Å². The summed E-state index contributed by atoms with van der Waals surface area (Å²) in [6.45, 7) is 1.86. The number of rotatable bonds is 5. The van der Waals surface area contributed by atoms with Gasteiger partial charge in [0.25, 0.3) is 0 Å². The number of carbonyl (C=O) groups is 1. The van der Waals surface area contributed by atoms with Crippen LogP contribution in [0.1, 0.15) is 6.92 Å². The first-order valence-electron chi connectivity index (χ1n) is 5.13. The zero-order valence-corrected chi connectivity index (χ0v) is 11.2. The lowest BCUT2D eigenvalue weighted by Crippen LogP contribution is -2.06. The molecule has 0 amide bonds. The van der Waals surface area contributed by atoms with Crippen molar-refractivity contribution in [2.24, 2.45) is 0 Å². The zero-order valence-electron chi connectivity index (χ0n) is 9.58. The van der Waals surface area contributed by atoms with E-state index < -0.39 is 23.4 Å². The molecule has 1 rings (SSSR count). The minimum atomic E-state index is -0.842. The molecule has 0 aliphatic rings. The Morgan fingerprint density at radius 2 is 2.00 bits per heavy atom. The molecule has 0 aromatic heterocycles. The van der Waals surface area contributed by atoms with Crippen molar-refractivity contribution >= 4 is 21.9 Å². The van der Waals surface area contributed by atoms with Crippen LogP contribution in [-0.2, 0) is 9.53 Å². The molecule has 1 aromatic rings. The monoisotopic (exact) mass is 320 g/mol. The minimum Gasteiger partial charge on any atom is -0.463 e. The van der Waals surface area contributed by atoms with Gasteiger partial charge in [-0.05, 0) is 19.1 Å². The third kappa shape index (κ3) is 4.10. The Kier molecular flexibility index (Phi) is 5.77. The van der Waals surface area contributed by atoms with Gasteiger partial charge in [0.15, 0.2) is 17.4 Å². The predicted molar refractivity (Wildman–Crippen MR) is 65.5 cm³/mol. The second-order valence-electron chi connectivity index (χ2n) is 3.15. The maximum atomic E-state index is 13.3. The van der Waals surface area contributed by atoms with Gasteiger partial charge in [-0.3, -0.25) is 0 Å². The van der Waals surface area contributed by atoms with Gasteiger partial charge in [-0.15, -0.1) is 0 Å². The van der Waals surface area contributed by atoms with Crippen molar-refractivity contribution < 1.29 is 23.0 Å². The van der Waals surface area contributed by atoms with E-state index in [1.54, 1.807) is 6.92 Å². The van der Waals surface area contributed by atoms with Crippen LogP contribution in [0, 0.1) is 11.6 Å². The fourth-order valence-electron chi connectivity index (χ4n) is 1.12. The molecule has 0 unspecified atom stereocenters. The Balaban J connectivity index is 2.89. The van der Waals surface area contributed by atoms with Gasteiger partial charge in [0.2, 0.25) is 0 Å².